The van der Waals surface area contributed by atoms with Gasteiger partial charge < -0.3 is 15.1 Å². The normalized spacial score (nSPS) is 15.7. The lowest BCUT2D eigenvalue weighted by molar-refractivity contribution is -0.111. The molecular formula is C16H12ClN3O3. The minimum atomic E-state index is -0.392. The summed E-state index contributed by atoms with van der Waals surface area (Å²) in [5.74, 6) is -0.986. The van der Waals surface area contributed by atoms with Gasteiger partial charge in [0.15, 0.2) is 17.2 Å². The zero-order chi connectivity index (χ0) is 16.6. The Hall–Kier alpha value is -2.86. The van der Waals surface area contributed by atoms with Crippen LogP contribution in [-0.2, 0) is 4.79 Å². The number of anilines is 1. The van der Waals surface area contributed by atoms with Crippen molar-refractivity contribution in [3.63, 3.8) is 0 Å². The minimum Gasteiger partial charge on any atom is -0.504 e. The van der Waals surface area contributed by atoms with Crippen molar-refractivity contribution in [1.29, 1.82) is 0 Å². The Morgan fingerprint density at radius 1 is 1.22 bits per heavy atom. The predicted molar refractivity (Wildman–Crippen MR) is 88.8 cm³/mol. The zero-order valence-electron chi connectivity index (χ0n) is 12.1. The Balaban J connectivity index is 1.93. The van der Waals surface area contributed by atoms with Crippen LogP contribution in [0, 0.1) is 0 Å². The standard InChI is InChI=1S/C16H12ClN3O3/c1-20-12-5-3-2-4-10(12)14(16(20)23)19-18-8-9-6-11(17)15(22)13(21)7-9/h2-8,21-22H,1H3/b18-8-,19-14-. The Labute approximate surface area is 137 Å². The van der Waals surface area contributed by atoms with Crippen molar-refractivity contribution in [3.05, 3.63) is 52.5 Å². The molecule has 0 fully saturated rings. The zero-order valence-corrected chi connectivity index (χ0v) is 12.8. The summed E-state index contributed by atoms with van der Waals surface area (Å²) in [4.78, 5) is 13.7. The highest BCUT2D eigenvalue weighted by atomic mass is 35.5. The van der Waals surface area contributed by atoms with E-state index in [1.165, 1.54) is 23.2 Å². The molecule has 0 spiro atoms. The van der Waals surface area contributed by atoms with Gasteiger partial charge >= 0.3 is 0 Å². The summed E-state index contributed by atoms with van der Waals surface area (Å²) < 4.78 is 0. The Bertz CT molecular complexity index is 838. The smallest absolute Gasteiger partial charge is 0.279 e. The molecule has 3 rings (SSSR count). The fourth-order valence-corrected chi connectivity index (χ4v) is 2.50. The molecule has 1 amide bonds. The van der Waals surface area contributed by atoms with E-state index in [9.17, 15) is 15.0 Å². The second kappa shape index (κ2) is 5.73. The molecule has 0 atom stereocenters. The molecule has 2 aromatic rings. The van der Waals surface area contributed by atoms with Crippen molar-refractivity contribution < 1.29 is 15.0 Å². The molecule has 116 valence electrons. The number of nitrogens with zero attached hydrogens (tertiary/aromatic N) is 3. The number of halogens is 1. The first-order chi connectivity index (χ1) is 11.0. The largest absolute Gasteiger partial charge is 0.504 e. The number of aromatic hydroxyl groups is 2. The maximum absolute atomic E-state index is 12.2. The second-order valence-electron chi connectivity index (χ2n) is 4.94. The number of carbonyl (C=O) groups is 1. The topological polar surface area (TPSA) is 85.5 Å². The fourth-order valence-electron chi connectivity index (χ4n) is 2.28. The van der Waals surface area contributed by atoms with Gasteiger partial charge in [-0.1, -0.05) is 29.8 Å². The molecule has 0 aliphatic carbocycles. The average Bonchev–Trinajstić information content (AvgIpc) is 2.78. The maximum atomic E-state index is 12.2. The molecule has 1 aliphatic rings. The van der Waals surface area contributed by atoms with E-state index in [0.29, 0.717) is 11.1 Å². The van der Waals surface area contributed by atoms with Crippen LogP contribution >= 0.6 is 11.6 Å². The quantitative estimate of drug-likeness (QED) is 0.504. The molecule has 0 bridgehead atoms. The summed E-state index contributed by atoms with van der Waals surface area (Å²) in [6, 6.07) is 10.0. The highest BCUT2D eigenvalue weighted by Crippen LogP contribution is 2.33. The highest BCUT2D eigenvalue weighted by molar-refractivity contribution is 6.54. The average molecular weight is 330 g/mol. The van der Waals surface area contributed by atoms with Crippen LogP contribution in [-0.4, -0.2) is 35.1 Å². The summed E-state index contributed by atoms with van der Waals surface area (Å²) in [5.41, 5.74) is 2.18. The number of likely N-dealkylation sites (N-methyl/N-ethyl adjacent to an activating group) is 1. The van der Waals surface area contributed by atoms with Gasteiger partial charge in [0.1, 0.15) is 0 Å². The van der Waals surface area contributed by atoms with Gasteiger partial charge in [-0.15, -0.1) is 5.10 Å². The number of fused-ring (bicyclic) bond motifs is 1. The first kappa shape index (κ1) is 15.1. The lowest BCUT2D eigenvalue weighted by Crippen LogP contribution is -2.25. The van der Waals surface area contributed by atoms with Gasteiger partial charge in [-0.25, -0.2) is 0 Å². The van der Waals surface area contributed by atoms with Crippen LogP contribution in [0.5, 0.6) is 11.5 Å². The Morgan fingerprint density at radius 2 is 1.96 bits per heavy atom. The third-order valence-corrected chi connectivity index (χ3v) is 3.75. The van der Waals surface area contributed by atoms with Gasteiger partial charge in [-0.05, 0) is 23.8 Å². The van der Waals surface area contributed by atoms with E-state index in [1.54, 1.807) is 13.1 Å². The fraction of sp³-hybridized carbons (Fsp3) is 0.0625. The number of carbonyl (C=O) groups excluding carboxylic acids is 1. The third kappa shape index (κ3) is 2.64. The lowest BCUT2D eigenvalue weighted by atomic mass is 10.1. The number of phenolic OH excluding ortho intramolecular Hbond substituents is 2. The van der Waals surface area contributed by atoms with Gasteiger partial charge in [-0.3, -0.25) is 4.79 Å². The summed E-state index contributed by atoms with van der Waals surface area (Å²) in [7, 11) is 1.67. The molecular weight excluding hydrogens is 318 g/mol. The van der Waals surface area contributed by atoms with E-state index in [-0.39, 0.29) is 22.4 Å². The van der Waals surface area contributed by atoms with Crippen LogP contribution in [0.2, 0.25) is 5.02 Å². The molecule has 1 heterocycles. The molecule has 23 heavy (non-hydrogen) atoms. The van der Waals surface area contributed by atoms with Gasteiger partial charge in [0, 0.05) is 12.6 Å². The van der Waals surface area contributed by atoms with Crippen LogP contribution in [0.3, 0.4) is 0 Å². The predicted octanol–water partition coefficient (Wildman–Crippen LogP) is 2.55. The van der Waals surface area contributed by atoms with Gasteiger partial charge in [0.05, 0.1) is 16.9 Å². The van der Waals surface area contributed by atoms with E-state index < -0.39 is 5.75 Å². The van der Waals surface area contributed by atoms with Gasteiger partial charge in [0.25, 0.3) is 5.91 Å². The second-order valence-corrected chi connectivity index (χ2v) is 5.35. The van der Waals surface area contributed by atoms with Gasteiger partial charge in [0.2, 0.25) is 0 Å². The first-order valence-electron chi connectivity index (χ1n) is 6.69. The molecule has 6 nitrogen and oxygen atoms in total. The lowest BCUT2D eigenvalue weighted by Gasteiger charge is -2.07. The Morgan fingerprint density at radius 3 is 2.70 bits per heavy atom. The van der Waals surface area contributed by atoms with Crippen molar-refractivity contribution >= 4 is 35.1 Å². The van der Waals surface area contributed by atoms with Crippen LogP contribution in [0.1, 0.15) is 11.1 Å². The van der Waals surface area contributed by atoms with Crippen molar-refractivity contribution in [2.45, 2.75) is 0 Å². The molecule has 2 N–H and O–H groups in total. The first-order valence-corrected chi connectivity index (χ1v) is 7.07. The van der Waals surface area contributed by atoms with Crippen molar-refractivity contribution in [2.75, 3.05) is 11.9 Å². The molecule has 0 radical (unpaired) electrons. The van der Waals surface area contributed by atoms with Crippen LogP contribution in [0.15, 0.2) is 46.6 Å². The van der Waals surface area contributed by atoms with Crippen molar-refractivity contribution in [1.82, 2.24) is 0 Å². The van der Waals surface area contributed by atoms with E-state index in [0.717, 1.165) is 5.69 Å². The highest BCUT2D eigenvalue weighted by Gasteiger charge is 2.30. The molecule has 1 aliphatic heterocycles. The van der Waals surface area contributed by atoms with Crippen molar-refractivity contribution in [3.8, 4) is 11.5 Å². The summed E-state index contributed by atoms with van der Waals surface area (Å²) in [6.07, 6.45) is 1.34. The number of para-hydroxylation sites is 1. The molecule has 0 unspecified atom stereocenters. The number of benzene rings is 2. The van der Waals surface area contributed by atoms with E-state index >= 15 is 0 Å². The number of amides is 1. The van der Waals surface area contributed by atoms with Crippen molar-refractivity contribution in [2.24, 2.45) is 10.2 Å². The number of hydrogen-bond acceptors (Lipinski definition) is 5. The van der Waals surface area contributed by atoms with E-state index in [2.05, 4.69) is 10.2 Å². The summed E-state index contributed by atoms with van der Waals surface area (Å²) in [6.45, 7) is 0. The monoisotopic (exact) mass is 329 g/mol. The molecule has 0 saturated carbocycles. The summed E-state index contributed by atoms with van der Waals surface area (Å²) in [5, 5.41) is 26.8. The van der Waals surface area contributed by atoms with Crippen LogP contribution in [0.25, 0.3) is 0 Å². The molecule has 2 aromatic carbocycles. The van der Waals surface area contributed by atoms with Crippen LogP contribution < -0.4 is 4.90 Å². The molecule has 7 heteroatoms. The SMILES string of the molecule is CN1C(=O)/C(=N\N=C/c2cc(O)c(O)c(Cl)c2)c2ccccc21. The number of hydrogen-bond donors (Lipinski definition) is 2. The maximum Gasteiger partial charge on any atom is 0.279 e. The van der Waals surface area contributed by atoms with Gasteiger partial charge in [-0.2, -0.15) is 5.10 Å². The number of rotatable bonds is 2. The third-order valence-electron chi connectivity index (χ3n) is 3.46. The van der Waals surface area contributed by atoms with E-state index in [4.69, 9.17) is 11.6 Å². The number of phenols is 2. The van der Waals surface area contributed by atoms with Crippen LogP contribution in [0.4, 0.5) is 5.69 Å². The molecule has 0 saturated heterocycles. The summed E-state index contributed by atoms with van der Waals surface area (Å²) >= 11 is 5.77. The van der Waals surface area contributed by atoms with E-state index in [1.807, 2.05) is 18.2 Å². The Kier molecular flexibility index (Phi) is 3.75. The minimum absolute atomic E-state index is 0.00104. The molecule has 0 aromatic heterocycles.